The molecular weight excluding hydrogens is 324 g/mol. The number of hydrogen-bond donors (Lipinski definition) is 3. The molecular formula is C22H26N2O2. The number of carbonyl (C=O) groups is 1. The SMILES string of the molecule is CCCNC(=O)c1c(-c2ccccc2O)ccc2c1C(C)=CC(C)(C)N2. The molecule has 2 aromatic carbocycles. The van der Waals surface area contributed by atoms with Gasteiger partial charge in [0, 0.05) is 23.4 Å². The fraction of sp³-hybridized carbons (Fsp3) is 0.318. The second-order valence-electron chi connectivity index (χ2n) is 7.36. The molecule has 0 unspecified atom stereocenters. The molecule has 136 valence electrons. The van der Waals surface area contributed by atoms with Gasteiger partial charge in [0.05, 0.1) is 11.1 Å². The van der Waals surface area contributed by atoms with Gasteiger partial charge in [0.25, 0.3) is 5.91 Å². The standard InChI is InChI=1S/C22H26N2O2/c1-5-12-23-21(26)20-16(15-8-6-7-9-18(15)25)10-11-17-19(20)14(2)13-22(3,4)24-17/h6-11,13,24-25H,5,12H2,1-4H3,(H,23,26). The Morgan fingerprint density at radius 2 is 1.88 bits per heavy atom. The van der Waals surface area contributed by atoms with Crippen molar-refractivity contribution in [3.05, 3.63) is 53.6 Å². The molecule has 4 nitrogen and oxygen atoms in total. The summed E-state index contributed by atoms with van der Waals surface area (Å²) in [4.78, 5) is 13.0. The zero-order valence-corrected chi connectivity index (χ0v) is 15.8. The average molecular weight is 350 g/mol. The van der Waals surface area contributed by atoms with E-state index in [0.29, 0.717) is 17.7 Å². The van der Waals surface area contributed by atoms with E-state index >= 15 is 0 Å². The molecule has 0 fully saturated rings. The predicted molar refractivity (Wildman–Crippen MR) is 108 cm³/mol. The van der Waals surface area contributed by atoms with Gasteiger partial charge in [-0.3, -0.25) is 4.79 Å². The van der Waals surface area contributed by atoms with Gasteiger partial charge in [0.15, 0.2) is 0 Å². The summed E-state index contributed by atoms with van der Waals surface area (Å²) in [7, 11) is 0. The van der Waals surface area contributed by atoms with Gasteiger partial charge in [-0.1, -0.05) is 37.3 Å². The van der Waals surface area contributed by atoms with Crippen LogP contribution < -0.4 is 10.6 Å². The molecule has 0 radical (unpaired) electrons. The van der Waals surface area contributed by atoms with Crippen LogP contribution in [0.5, 0.6) is 5.75 Å². The summed E-state index contributed by atoms with van der Waals surface area (Å²) in [5.41, 5.74) is 4.73. The van der Waals surface area contributed by atoms with Crippen molar-refractivity contribution < 1.29 is 9.90 Å². The van der Waals surface area contributed by atoms with Gasteiger partial charge in [-0.25, -0.2) is 0 Å². The van der Waals surface area contributed by atoms with Crippen LogP contribution in [-0.2, 0) is 0 Å². The minimum atomic E-state index is -0.176. The number of rotatable bonds is 4. The third-order valence-electron chi connectivity index (χ3n) is 4.59. The van der Waals surface area contributed by atoms with Gasteiger partial charge in [-0.05, 0) is 50.5 Å². The Balaban J connectivity index is 2.25. The first-order valence-electron chi connectivity index (χ1n) is 9.05. The normalized spacial score (nSPS) is 14.8. The van der Waals surface area contributed by atoms with Crippen molar-refractivity contribution in [2.75, 3.05) is 11.9 Å². The lowest BCUT2D eigenvalue weighted by molar-refractivity contribution is 0.0954. The van der Waals surface area contributed by atoms with Crippen molar-refractivity contribution in [2.45, 2.75) is 39.7 Å². The van der Waals surface area contributed by atoms with Crippen molar-refractivity contribution in [2.24, 2.45) is 0 Å². The molecule has 0 aliphatic carbocycles. The van der Waals surface area contributed by atoms with E-state index in [2.05, 4.69) is 30.6 Å². The Morgan fingerprint density at radius 1 is 1.15 bits per heavy atom. The van der Waals surface area contributed by atoms with Gasteiger partial charge < -0.3 is 15.7 Å². The minimum absolute atomic E-state index is 0.115. The fourth-order valence-electron chi connectivity index (χ4n) is 3.60. The second-order valence-corrected chi connectivity index (χ2v) is 7.36. The number of para-hydroxylation sites is 1. The Morgan fingerprint density at radius 3 is 2.58 bits per heavy atom. The lowest BCUT2D eigenvalue weighted by Crippen LogP contribution is -2.33. The van der Waals surface area contributed by atoms with Crippen LogP contribution >= 0.6 is 0 Å². The summed E-state index contributed by atoms with van der Waals surface area (Å²) in [6.07, 6.45) is 3.01. The maximum Gasteiger partial charge on any atom is 0.252 e. The van der Waals surface area contributed by atoms with Crippen LogP contribution in [0.1, 0.15) is 50.0 Å². The first kappa shape index (κ1) is 18.1. The van der Waals surface area contributed by atoms with Crippen LogP contribution in [0.25, 0.3) is 16.7 Å². The molecule has 0 saturated heterocycles. The van der Waals surface area contributed by atoms with E-state index in [9.17, 15) is 9.90 Å². The summed E-state index contributed by atoms with van der Waals surface area (Å²) in [5, 5.41) is 16.8. The molecule has 3 N–H and O–H groups in total. The lowest BCUT2D eigenvalue weighted by atomic mass is 9.84. The van der Waals surface area contributed by atoms with Crippen molar-refractivity contribution in [3.8, 4) is 16.9 Å². The number of aromatic hydroxyl groups is 1. The molecule has 1 amide bonds. The fourth-order valence-corrected chi connectivity index (χ4v) is 3.60. The molecule has 3 rings (SSSR count). The van der Waals surface area contributed by atoms with E-state index in [0.717, 1.165) is 28.8 Å². The lowest BCUT2D eigenvalue weighted by Gasteiger charge is -2.33. The van der Waals surface area contributed by atoms with E-state index in [1.54, 1.807) is 12.1 Å². The maximum absolute atomic E-state index is 13.0. The van der Waals surface area contributed by atoms with E-state index in [1.165, 1.54) is 0 Å². The minimum Gasteiger partial charge on any atom is -0.507 e. The molecule has 0 aromatic heterocycles. The quantitative estimate of drug-likeness (QED) is 0.742. The number of allylic oxidation sites excluding steroid dienone is 1. The zero-order valence-electron chi connectivity index (χ0n) is 15.8. The van der Waals surface area contributed by atoms with Crippen LogP contribution in [0.15, 0.2) is 42.5 Å². The molecule has 0 bridgehead atoms. The van der Waals surface area contributed by atoms with Crippen LogP contribution in [0.3, 0.4) is 0 Å². The molecule has 0 spiro atoms. The number of anilines is 1. The summed E-state index contributed by atoms with van der Waals surface area (Å²) in [6.45, 7) is 8.89. The van der Waals surface area contributed by atoms with Gasteiger partial charge in [-0.15, -0.1) is 0 Å². The molecule has 2 aromatic rings. The predicted octanol–water partition coefficient (Wildman–Crippen LogP) is 4.81. The third kappa shape index (κ3) is 3.32. The van der Waals surface area contributed by atoms with E-state index in [-0.39, 0.29) is 17.2 Å². The van der Waals surface area contributed by atoms with Gasteiger partial charge in [0.2, 0.25) is 0 Å². The van der Waals surface area contributed by atoms with Crippen molar-refractivity contribution in [3.63, 3.8) is 0 Å². The van der Waals surface area contributed by atoms with Gasteiger partial charge in [-0.2, -0.15) is 0 Å². The largest absolute Gasteiger partial charge is 0.507 e. The Labute approximate surface area is 154 Å². The van der Waals surface area contributed by atoms with Crippen molar-refractivity contribution in [1.29, 1.82) is 0 Å². The smallest absolute Gasteiger partial charge is 0.252 e. The Hall–Kier alpha value is -2.75. The number of benzene rings is 2. The molecule has 4 heteroatoms. The van der Waals surface area contributed by atoms with E-state index in [4.69, 9.17) is 0 Å². The second kappa shape index (κ2) is 6.87. The molecule has 1 aliphatic rings. The average Bonchev–Trinajstić information content (AvgIpc) is 2.58. The Kier molecular flexibility index (Phi) is 4.77. The highest BCUT2D eigenvalue weighted by Crippen LogP contribution is 2.41. The Bertz CT molecular complexity index is 882. The monoisotopic (exact) mass is 350 g/mol. The zero-order chi connectivity index (χ0) is 18.9. The highest BCUT2D eigenvalue weighted by Gasteiger charge is 2.28. The summed E-state index contributed by atoms with van der Waals surface area (Å²) < 4.78 is 0. The van der Waals surface area contributed by atoms with Crippen LogP contribution in [0, 0.1) is 0 Å². The van der Waals surface area contributed by atoms with Crippen molar-refractivity contribution in [1.82, 2.24) is 5.32 Å². The molecule has 0 saturated carbocycles. The summed E-state index contributed by atoms with van der Waals surface area (Å²) in [5.74, 6) is 0.0546. The van der Waals surface area contributed by atoms with Gasteiger partial charge >= 0.3 is 0 Å². The van der Waals surface area contributed by atoms with Crippen LogP contribution in [-0.4, -0.2) is 23.1 Å². The van der Waals surface area contributed by atoms with Gasteiger partial charge in [0.1, 0.15) is 5.75 Å². The third-order valence-corrected chi connectivity index (χ3v) is 4.59. The number of hydrogen-bond acceptors (Lipinski definition) is 3. The van der Waals surface area contributed by atoms with Crippen LogP contribution in [0.2, 0.25) is 0 Å². The van der Waals surface area contributed by atoms with E-state index < -0.39 is 0 Å². The highest BCUT2D eigenvalue weighted by atomic mass is 16.3. The first-order valence-corrected chi connectivity index (χ1v) is 9.05. The van der Waals surface area contributed by atoms with E-state index in [1.807, 2.05) is 38.1 Å². The maximum atomic E-state index is 13.0. The number of nitrogens with one attached hydrogen (secondary N) is 2. The number of amides is 1. The molecule has 1 heterocycles. The number of fused-ring (bicyclic) bond motifs is 1. The number of phenols is 1. The highest BCUT2D eigenvalue weighted by molar-refractivity contribution is 6.08. The summed E-state index contributed by atoms with van der Waals surface area (Å²) >= 11 is 0. The van der Waals surface area contributed by atoms with Crippen molar-refractivity contribution >= 4 is 17.2 Å². The number of carbonyl (C=O) groups excluding carboxylic acids is 1. The van der Waals surface area contributed by atoms with Crippen LogP contribution in [0.4, 0.5) is 5.69 Å². The summed E-state index contributed by atoms with van der Waals surface area (Å²) in [6, 6.07) is 11.0. The topological polar surface area (TPSA) is 61.4 Å². The first-order chi connectivity index (χ1) is 12.3. The molecule has 1 aliphatic heterocycles. The molecule has 26 heavy (non-hydrogen) atoms. The number of phenolic OH excluding ortho intramolecular Hbond substituents is 1. The molecule has 0 atom stereocenters.